The van der Waals surface area contributed by atoms with Crippen molar-refractivity contribution in [3.63, 3.8) is 0 Å². The van der Waals surface area contributed by atoms with Crippen molar-refractivity contribution in [3.8, 4) is 44.5 Å². The van der Waals surface area contributed by atoms with Crippen molar-refractivity contribution in [2.45, 2.75) is 168 Å². The Morgan fingerprint density at radius 1 is 0.238 bits per heavy atom. The SMILES string of the molecule is CC(C)c1cccc(C(C)C)c1-c1cccc(-c2c(C(C)C)cccc2C(C)C)c1[S-].CC(C)c1cccc(C(C)C)c1-c1cccc(-c2c(C(C)C)cccc2C(C)C)c1[S-].[Mn+2]. The Labute approximate surface area is 405 Å². The van der Waals surface area contributed by atoms with Crippen LogP contribution in [0, 0.1) is 0 Å². The summed E-state index contributed by atoms with van der Waals surface area (Å²) in [4.78, 5) is 1.96. The summed E-state index contributed by atoms with van der Waals surface area (Å²) in [5.74, 6) is 3.56. The first-order valence-corrected chi connectivity index (χ1v) is 24.2. The maximum absolute atomic E-state index is 6.24. The molecule has 0 nitrogen and oxygen atoms in total. The van der Waals surface area contributed by atoms with Crippen molar-refractivity contribution < 1.29 is 17.1 Å². The van der Waals surface area contributed by atoms with Crippen LogP contribution in [-0.2, 0) is 42.3 Å². The van der Waals surface area contributed by atoms with Gasteiger partial charge in [0.1, 0.15) is 0 Å². The van der Waals surface area contributed by atoms with Crippen LogP contribution in [0.1, 0.15) is 203 Å². The van der Waals surface area contributed by atoms with Gasteiger partial charge in [-0.05, 0) is 136 Å². The molecule has 0 aliphatic heterocycles. The Kier molecular flexibility index (Phi) is 18.5. The number of rotatable bonds is 12. The van der Waals surface area contributed by atoms with Crippen LogP contribution in [0.15, 0.2) is 119 Å². The molecule has 0 aromatic heterocycles. The summed E-state index contributed by atoms with van der Waals surface area (Å²) >= 11 is 12.5. The van der Waals surface area contributed by atoms with E-state index in [1.54, 1.807) is 0 Å². The molecule has 63 heavy (non-hydrogen) atoms. The average Bonchev–Trinajstić information content (AvgIpc) is 3.22. The van der Waals surface area contributed by atoms with Crippen LogP contribution < -0.4 is 0 Å². The van der Waals surface area contributed by atoms with E-state index in [9.17, 15) is 0 Å². The van der Waals surface area contributed by atoms with Crippen molar-refractivity contribution in [2.24, 2.45) is 0 Å². The van der Waals surface area contributed by atoms with Gasteiger partial charge in [0.05, 0.1) is 0 Å². The average molecular weight is 914 g/mol. The quantitative estimate of drug-likeness (QED) is 0.0886. The molecule has 1 radical (unpaired) electrons. The Hall–Kier alpha value is -3.72. The van der Waals surface area contributed by atoms with Gasteiger partial charge in [-0.1, -0.05) is 220 Å². The third kappa shape index (κ3) is 11.2. The number of hydrogen-bond donors (Lipinski definition) is 0. The smallest absolute Gasteiger partial charge is 0.779 e. The molecule has 0 fully saturated rings. The van der Waals surface area contributed by atoms with Crippen LogP contribution in [0.25, 0.3) is 44.5 Å². The van der Waals surface area contributed by atoms with E-state index in [2.05, 4.69) is 220 Å². The van der Waals surface area contributed by atoms with Gasteiger partial charge in [0.25, 0.3) is 0 Å². The Balaban J connectivity index is 0.000000272. The van der Waals surface area contributed by atoms with Gasteiger partial charge >= 0.3 is 17.1 Å². The summed E-state index contributed by atoms with van der Waals surface area (Å²) in [7, 11) is 0. The van der Waals surface area contributed by atoms with Crippen molar-refractivity contribution in [2.75, 3.05) is 0 Å². The van der Waals surface area contributed by atoms with Gasteiger partial charge in [0.2, 0.25) is 0 Å². The maximum Gasteiger partial charge on any atom is 2.00 e. The van der Waals surface area contributed by atoms with Crippen LogP contribution in [0.2, 0.25) is 0 Å². The molecule has 0 spiro atoms. The zero-order valence-electron chi connectivity index (χ0n) is 41.2. The fraction of sp³-hybridized carbons (Fsp3) is 0.400. The third-order valence-electron chi connectivity index (χ3n) is 12.6. The van der Waals surface area contributed by atoms with Gasteiger partial charge in [-0.25, -0.2) is 0 Å². The normalized spacial score (nSPS) is 11.7. The molecule has 0 aliphatic rings. The van der Waals surface area contributed by atoms with Crippen molar-refractivity contribution in [3.05, 3.63) is 154 Å². The summed E-state index contributed by atoms with van der Waals surface area (Å²) in [6.07, 6.45) is 0. The largest absolute Gasteiger partial charge is 2.00 e. The van der Waals surface area contributed by atoms with Crippen LogP contribution in [0.4, 0.5) is 0 Å². The van der Waals surface area contributed by atoms with Gasteiger partial charge in [-0.3, -0.25) is 0 Å². The van der Waals surface area contributed by atoms with E-state index in [-0.39, 0.29) is 17.1 Å². The molecule has 0 N–H and O–H groups in total. The molecule has 0 heterocycles. The second kappa shape index (κ2) is 22.5. The van der Waals surface area contributed by atoms with Gasteiger partial charge in [-0.2, -0.15) is 9.79 Å². The van der Waals surface area contributed by atoms with Crippen LogP contribution in [0.3, 0.4) is 0 Å². The molecular weight excluding hydrogens is 840 g/mol. The van der Waals surface area contributed by atoms with Gasteiger partial charge in [0, 0.05) is 0 Å². The molecule has 0 saturated heterocycles. The fourth-order valence-electron chi connectivity index (χ4n) is 9.31. The topological polar surface area (TPSA) is 0 Å². The summed E-state index contributed by atoms with van der Waals surface area (Å²) in [6.45, 7) is 36.5. The monoisotopic (exact) mass is 913 g/mol. The molecule has 0 unspecified atom stereocenters. The molecule has 0 atom stereocenters. The van der Waals surface area contributed by atoms with E-state index >= 15 is 0 Å². The van der Waals surface area contributed by atoms with Crippen molar-refractivity contribution >= 4 is 25.3 Å². The van der Waals surface area contributed by atoms with Gasteiger partial charge in [0.15, 0.2) is 0 Å². The molecular formula is C60H74MnS2. The van der Waals surface area contributed by atoms with E-state index in [1.807, 2.05) is 0 Å². The molecule has 0 aliphatic carbocycles. The van der Waals surface area contributed by atoms with Crippen LogP contribution >= 0.6 is 0 Å². The zero-order valence-corrected chi connectivity index (χ0v) is 44.0. The third-order valence-corrected chi connectivity index (χ3v) is 13.5. The van der Waals surface area contributed by atoms with Crippen LogP contribution in [0.5, 0.6) is 0 Å². The summed E-state index contributed by atoms with van der Waals surface area (Å²) in [6, 6.07) is 40.3. The standard InChI is InChI=1S/2C30H38S.Mn/c2*1-18(2)22-12-9-13-23(19(3)4)28(22)26-16-11-17-27(30(26)31)29-24(20(5)6)14-10-15-25(29)21(7)8;/h2*9-21,31H,1-8H3;/q;;+2/p-2. The number of benzene rings is 6. The summed E-state index contributed by atoms with van der Waals surface area (Å²) < 4.78 is 0. The molecule has 3 heteroatoms. The second-order valence-corrected chi connectivity index (χ2v) is 20.7. The van der Waals surface area contributed by atoms with Crippen molar-refractivity contribution in [1.29, 1.82) is 0 Å². The minimum absolute atomic E-state index is 0. The minimum atomic E-state index is 0. The molecule has 6 rings (SSSR count). The van der Waals surface area contributed by atoms with Gasteiger partial charge in [-0.15, -0.1) is 0 Å². The van der Waals surface area contributed by atoms with E-state index in [1.165, 1.54) is 89.0 Å². The molecule has 0 amide bonds. The minimum Gasteiger partial charge on any atom is -0.779 e. The molecule has 333 valence electrons. The first kappa shape index (κ1) is 51.9. The van der Waals surface area contributed by atoms with E-state index < -0.39 is 0 Å². The second-order valence-electron chi connectivity index (χ2n) is 19.8. The predicted octanol–water partition coefficient (Wildman–Crippen LogP) is 18.8. The van der Waals surface area contributed by atoms with Gasteiger partial charge < -0.3 is 25.3 Å². The summed E-state index contributed by atoms with van der Waals surface area (Å²) in [5, 5.41) is 0. The Morgan fingerprint density at radius 2 is 0.365 bits per heavy atom. The summed E-state index contributed by atoms with van der Waals surface area (Å²) in [5.41, 5.74) is 21.3. The Bertz CT molecular complexity index is 2020. The van der Waals surface area contributed by atoms with E-state index in [0.29, 0.717) is 47.3 Å². The fourth-order valence-corrected chi connectivity index (χ4v) is 9.99. The molecule has 0 saturated carbocycles. The van der Waals surface area contributed by atoms with Crippen molar-refractivity contribution in [1.82, 2.24) is 0 Å². The van der Waals surface area contributed by atoms with Crippen LogP contribution in [-0.4, -0.2) is 0 Å². The first-order valence-electron chi connectivity index (χ1n) is 23.4. The predicted molar refractivity (Wildman–Crippen MR) is 279 cm³/mol. The number of hydrogen-bond acceptors (Lipinski definition) is 2. The maximum atomic E-state index is 6.24. The van der Waals surface area contributed by atoms with E-state index in [4.69, 9.17) is 25.3 Å². The molecule has 6 aromatic carbocycles. The molecule has 6 aromatic rings. The van der Waals surface area contributed by atoms with E-state index in [0.717, 1.165) is 9.79 Å². The molecule has 0 bridgehead atoms. The zero-order chi connectivity index (χ0) is 45.7. The first-order chi connectivity index (χ1) is 29.3. The Morgan fingerprint density at radius 3 is 0.492 bits per heavy atom.